The molecule has 1 aliphatic rings. The van der Waals surface area contributed by atoms with Crippen molar-refractivity contribution in [1.82, 2.24) is 15.1 Å². The molecule has 0 N–H and O–H groups in total. The fourth-order valence-electron chi connectivity index (χ4n) is 1.85. The maximum absolute atomic E-state index is 12.0. The number of halogens is 1. The van der Waals surface area contributed by atoms with Crippen LogP contribution in [-0.4, -0.2) is 45.1 Å². The maximum Gasteiger partial charge on any atom is 0.410 e. The van der Waals surface area contributed by atoms with Crippen LogP contribution in [0.5, 0.6) is 0 Å². The molecule has 1 fully saturated rings. The van der Waals surface area contributed by atoms with Crippen molar-refractivity contribution in [1.29, 1.82) is 0 Å². The number of amides is 1. The van der Waals surface area contributed by atoms with Crippen molar-refractivity contribution in [3.63, 3.8) is 0 Å². The third-order valence-corrected chi connectivity index (χ3v) is 4.07. The van der Waals surface area contributed by atoms with Crippen molar-refractivity contribution in [3.8, 4) is 0 Å². The second-order valence-corrected chi connectivity index (χ2v) is 7.36. The van der Waals surface area contributed by atoms with Gasteiger partial charge in [-0.15, -0.1) is 10.2 Å². The Bertz CT molecular complexity index is 475. The zero-order valence-electron chi connectivity index (χ0n) is 11.8. The molecular weight excluding hydrogens is 298 g/mol. The second-order valence-electron chi connectivity index (χ2n) is 5.65. The number of hydrogen-bond acceptors (Lipinski definition) is 5. The summed E-state index contributed by atoms with van der Waals surface area (Å²) in [5.74, 6) is 0. The predicted octanol–water partition coefficient (Wildman–Crippen LogP) is 3.23. The van der Waals surface area contributed by atoms with Crippen LogP contribution in [0.15, 0.2) is 17.2 Å². The first-order valence-corrected chi connectivity index (χ1v) is 7.73. The van der Waals surface area contributed by atoms with E-state index in [-0.39, 0.29) is 6.09 Å². The van der Waals surface area contributed by atoms with Gasteiger partial charge in [0.05, 0.1) is 0 Å². The topological polar surface area (TPSA) is 55.3 Å². The van der Waals surface area contributed by atoms with E-state index in [4.69, 9.17) is 16.3 Å². The van der Waals surface area contributed by atoms with Gasteiger partial charge in [-0.3, -0.25) is 0 Å². The minimum absolute atomic E-state index is 0.247. The van der Waals surface area contributed by atoms with E-state index in [1.54, 1.807) is 22.7 Å². The normalized spacial score (nSPS) is 19.2. The zero-order valence-corrected chi connectivity index (χ0v) is 13.4. The van der Waals surface area contributed by atoms with Crippen LogP contribution < -0.4 is 0 Å². The number of carbonyl (C=O) groups excluding carboxylic acids is 1. The Kier molecular flexibility index (Phi) is 4.75. The van der Waals surface area contributed by atoms with E-state index in [2.05, 4.69) is 10.2 Å². The van der Waals surface area contributed by atoms with E-state index in [1.807, 2.05) is 26.8 Å². The molecule has 7 heteroatoms. The van der Waals surface area contributed by atoms with Crippen LogP contribution in [0.4, 0.5) is 4.79 Å². The molecule has 1 atom stereocenters. The van der Waals surface area contributed by atoms with Gasteiger partial charge in [0.1, 0.15) is 10.6 Å². The van der Waals surface area contributed by atoms with E-state index in [0.717, 1.165) is 11.4 Å². The Balaban J connectivity index is 1.86. The molecule has 0 aromatic carbocycles. The van der Waals surface area contributed by atoms with E-state index in [0.29, 0.717) is 23.5 Å². The lowest BCUT2D eigenvalue weighted by molar-refractivity contribution is 0.0295. The van der Waals surface area contributed by atoms with Gasteiger partial charge in [-0.2, -0.15) is 0 Å². The van der Waals surface area contributed by atoms with Crippen molar-refractivity contribution in [2.75, 3.05) is 13.1 Å². The van der Waals surface area contributed by atoms with Crippen LogP contribution in [0, 0.1) is 0 Å². The molecular formula is C13H18ClN3O2S. The molecule has 1 saturated heterocycles. The molecule has 0 unspecified atom stereocenters. The molecule has 2 heterocycles. The average molecular weight is 316 g/mol. The smallest absolute Gasteiger partial charge is 0.410 e. The summed E-state index contributed by atoms with van der Waals surface area (Å²) in [6.07, 6.45) is 0.677. The standard InChI is InChI=1S/C13H18ClN3O2S/c1-13(2,3)19-12(18)17-7-6-9(8-17)20-11-5-4-10(14)15-16-11/h4-5,9H,6-8H2,1-3H3/t9-/m0/s1. The first kappa shape index (κ1) is 15.4. The van der Waals surface area contributed by atoms with Crippen LogP contribution in [0.2, 0.25) is 5.15 Å². The summed E-state index contributed by atoms with van der Waals surface area (Å²) in [7, 11) is 0. The third-order valence-electron chi connectivity index (χ3n) is 2.69. The quantitative estimate of drug-likeness (QED) is 0.838. The Labute approximate surface area is 128 Å². The van der Waals surface area contributed by atoms with Crippen LogP contribution in [-0.2, 0) is 4.74 Å². The molecule has 110 valence electrons. The summed E-state index contributed by atoms with van der Waals surface area (Å²) < 4.78 is 5.37. The summed E-state index contributed by atoms with van der Waals surface area (Å²) in [5, 5.41) is 9.36. The molecule has 1 aromatic heterocycles. The van der Waals surface area contributed by atoms with Gasteiger partial charge in [0.15, 0.2) is 5.15 Å². The number of hydrogen-bond donors (Lipinski definition) is 0. The highest BCUT2D eigenvalue weighted by Gasteiger charge is 2.30. The fraction of sp³-hybridized carbons (Fsp3) is 0.615. The number of aromatic nitrogens is 2. The van der Waals surface area contributed by atoms with Gasteiger partial charge in [0, 0.05) is 18.3 Å². The van der Waals surface area contributed by atoms with Gasteiger partial charge in [0.25, 0.3) is 0 Å². The summed E-state index contributed by atoms with van der Waals surface area (Å²) in [6.45, 7) is 7.00. The lowest BCUT2D eigenvalue weighted by Crippen LogP contribution is -2.35. The molecule has 0 bridgehead atoms. The van der Waals surface area contributed by atoms with Crippen LogP contribution in [0.25, 0.3) is 0 Å². The minimum Gasteiger partial charge on any atom is -0.444 e. The molecule has 0 radical (unpaired) electrons. The summed E-state index contributed by atoms with van der Waals surface area (Å²) in [5.41, 5.74) is -0.454. The number of likely N-dealkylation sites (tertiary alicyclic amines) is 1. The lowest BCUT2D eigenvalue weighted by atomic mass is 10.2. The van der Waals surface area contributed by atoms with E-state index in [1.165, 1.54) is 0 Å². The van der Waals surface area contributed by atoms with E-state index in [9.17, 15) is 4.79 Å². The largest absolute Gasteiger partial charge is 0.444 e. The summed E-state index contributed by atoms with van der Waals surface area (Å²) in [6, 6.07) is 3.56. The van der Waals surface area contributed by atoms with E-state index < -0.39 is 5.60 Å². The molecule has 1 aliphatic heterocycles. The molecule has 20 heavy (non-hydrogen) atoms. The monoisotopic (exact) mass is 315 g/mol. The van der Waals surface area contributed by atoms with Crippen LogP contribution >= 0.6 is 23.4 Å². The Morgan fingerprint density at radius 3 is 2.80 bits per heavy atom. The van der Waals surface area contributed by atoms with Crippen molar-refractivity contribution < 1.29 is 9.53 Å². The molecule has 0 spiro atoms. The number of ether oxygens (including phenoxy) is 1. The number of thioether (sulfide) groups is 1. The average Bonchev–Trinajstić information content (AvgIpc) is 2.79. The zero-order chi connectivity index (χ0) is 14.8. The minimum atomic E-state index is -0.454. The Hall–Kier alpha value is -1.01. The molecule has 5 nitrogen and oxygen atoms in total. The summed E-state index contributed by atoms with van der Waals surface area (Å²) >= 11 is 7.32. The van der Waals surface area contributed by atoms with Gasteiger partial charge in [-0.25, -0.2) is 4.79 Å². The van der Waals surface area contributed by atoms with Crippen molar-refractivity contribution in [2.45, 2.75) is 43.1 Å². The molecule has 1 aromatic rings. The van der Waals surface area contributed by atoms with Gasteiger partial charge in [0.2, 0.25) is 0 Å². The van der Waals surface area contributed by atoms with Crippen LogP contribution in [0.1, 0.15) is 27.2 Å². The molecule has 1 amide bonds. The van der Waals surface area contributed by atoms with Crippen molar-refractivity contribution >= 4 is 29.5 Å². The highest BCUT2D eigenvalue weighted by molar-refractivity contribution is 7.99. The first-order valence-electron chi connectivity index (χ1n) is 6.47. The van der Waals surface area contributed by atoms with Crippen LogP contribution in [0.3, 0.4) is 0 Å². The molecule has 0 aliphatic carbocycles. The Morgan fingerprint density at radius 1 is 1.45 bits per heavy atom. The van der Waals surface area contributed by atoms with Gasteiger partial charge in [-0.1, -0.05) is 23.4 Å². The number of nitrogens with zero attached hydrogens (tertiary/aromatic N) is 3. The maximum atomic E-state index is 12.0. The van der Waals surface area contributed by atoms with Gasteiger partial charge >= 0.3 is 6.09 Å². The third kappa shape index (κ3) is 4.52. The Morgan fingerprint density at radius 2 is 2.20 bits per heavy atom. The highest BCUT2D eigenvalue weighted by atomic mass is 35.5. The number of rotatable bonds is 2. The van der Waals surface area contributed by atoms with Gasteiger partial charge < -0.3 is 9.64 Å². The van der Waals surface area contributed by atoms with Crippen molar-refractivity contribution in [2.24, 2.45) is 0 Å². The fourth-order valence-corrected chi connectivity index (χ4v) is 3.01. The molecule has 0 saturated carbocycles. The lowest BCUT2D eigenvalue weighted by Gasteiger charge is -2.24. The SMILES string of the molecule is CC(C)(C)OC(=O)N1CC[C@H](Sc2ccc(Cl)nn2)C1. The van der Waals surface area contributed by atoms with Gasteiger partial charge in [-0.05, 0) is 39.3 Å². The van der Waals surface area contributed by atoms with Crippen molar-refractivity contribution in [3.05, 3.63) is 17.3 Å². The molecule has 2 rings (SSSR count). The first-order chi connectivity index (χ1) is 9.33. The second kappa shape index (κ2) is 6.18. The van der Waals surface area contributed by atoms with E-state index >= 15 is 0 Å². The summed E-state index contributed by atoms with van der Waals surface area (Å²) in [4.78, 5) is 13.7. The number of carbonyl (C=O) groups is 1. The highest BCUT2D eigenvalue weighted by Crippen LogP contribution is 2.29. The predicted molar refractivity (Wildman–Crippen MR) is 79.1 cm³/mol.